The second-order valence-electron chi connectivity index (χ2n) is 6.12. The van der Waals surface area contributed by atoms with Gasteiger partial charge in [-0.15, -0.1) is 0 Å². The maximum atomic E-state index is 13.3. The second kappa shape index (κ2) is 5.52. The smallest absolute Gasteiger partial charge is 0.253 e. The molecule has 1 spiro atoms. The average Bonchev–Trinajstić information content (AvgIpc) is 2.47. The SMILES string of the molecule is O=C(c1cccc(F)c1)N1CCC[C@]2(CCCNC2)C1. The van der Waals surface area contributed by atoms with Gasteiger partial charge < -0.3 is 10.2 Å². The van der Waals surface area contributed by atoms with Crippen LogP contribution in [0.5, 0.6) is 0 Å². The molecule has 1 atom stereocenters. The molecule has 2 fully saturated rings. The number of carbonyl (C=O) groups excluding carboxylic acids is 1. The van der Waals surface area contributed by atoms with Gasteiger partial charge in [0.05, 0.1) is 0 Å². The van der Waals surface area contributed by atoms with Crippen molar-refractivity contribution in [2.45, 2.75) is 25.7 Å². The Morgan fingerprint density at radius 2 is 2.15 bits per heavy atom. The zero-order chi connectivity index (χ0) is 14.0. The molecule has 20 heavy (non-hydrogen) atoms. The summed E-state index contributed by atoms with van der Waals surface area (Å²) in [5, 5.41) is 3.46. The third-order valence-electron chi connectivity index (χ3n) is 4.58. The van der Waals surface area contributed by atoms with E-state index in [4.69, 9.17) is 0 Å². The molecule has 0 aromatic heterocycles. The van der Waals surface area contributed by atoms with Crippen LogP contribution in [0, 0.1) is 11.2 Å². The fraction of sp³-hybridized carbons (Fsp3) is 0.562. The van der Waals surface area contributed by atoms with Crippen LogP contribution in [0.2, 0.25) is 0 Å². The van der Waals surface area contributed by atoms with Crippen LogP contribution in [-0.2, 0) is 0 Å². The summed E-state index contributed by atoms with van der Waals surface area (Å²) in [6.07, 6.45) is 4.60. The lowest BCUT2D eigenvalue weighted by Crippen LogP contribution is -2.52. The third-order valence-corrected chi connectivity index (χ3v) is 4.58. The summed E-state index contributed by atoms with van der Waals surface area (Å²) in [4.78, 5) is 14.4. The molecule has 3 nitrogen and oxygen atoms in total. The van der Waals surface area contributed by atoms with Gasteiger partial charge in [-0.2, -0.15) is 0 Å². The fourth-order valence-corrected chi connectivity index (χ4v) is 3.56. The molecule has 0 bridgehead atoms. The van der Waals surface area contributed by atoms with Crippen molar-refractivity contribution in [2.24, 2.45) is 5.41 Å². The Labute approximate surface area is 119 Å². The van der Waals surface area contributed by atoms with Crippen molar-refractivity contribution in [3.05, 3.63) is 35.6 Å². The van der Waals surface area contributed by atoms with E-state index < -0.39 is 0 Å². The van der Waals surface area contributed by atoms with E-state index in [1.165, 1.54) is 31.4 Å². The maximum absolute atomic E-state index is 13.3. The Hall–Kier alpha value is -1.42. The highest BCUT2D eigenvalue weighted by molar-refractivity contribution is 5.94. The van der Waals surface area contributed by atoms with Gasteiger partial charge in [-0.3, -0.25) is 4.79 Å². The van der Waals surface area contributed by atoms with Crippen molar-refractivity contribution in [3.8, 4) is 0 Å². The van der Waals surface area contributed by atoms with Crippen molar-refractivity contribution < 1.29 is 9.18 Å². The highest BCUT2D eigenvalue weighted by Gasteiger charge is 2.38. The number of carbonyl (C=O) groups is 1. The zero-order valence-electron chi connectivity index (χ0n) is 11.7. The molecule has 1 amide bonds. The van der Waals surface area contributed by atoms with Crippen molar-refractivity contribution in [1.82, 2.24) is 10.2 Å². The lowest BCUT2D eigenvalue weighted by atomic mass is 9.74. The number of halogens is 1. The average molecular weight is 276 g/mol. The lowest BCUT2D eigenvalue weighted by Gasteiger charge is -2.45. The maximum Gasteiger partial charge on any atom is 0.253 e. The number of benzene rings is 1. The minimum atomic E-state index is -0.345. The van der Waals surface area contributed by atoms with E-state index in [0.29, 0.717) is 5.56 Å². The molecule has 1 aromatic carbocycles. The van der Waals surface area contributed by atoms with Crippen molar-refractivity contribution in [1.29, 1.82) is 0 Å². The molecule has 0 saturated carbocycles. The minimum absolute atomic E-state index is 0.0332. The predicted octanol–water partition coefficient (Wildman–Crippen LogP) is 2.43. The van der Waals surface area contributed by atoms with Gasteiger partial charge in [-0.05, 0) is 50.4 Å². The summed E-state index contributed by atoms with van der Waals surface area (Å²) >= 11 is 0. The summed E-state index contributed by atoms with van der Waals surface area (Å²) in [7, 11) is 0. The monoisotopic (exact) mass is 276 g/mol. The molecule has 0 unspecified atom stereocenters. The molecule has 4 heteroatoms. The largest absolute Gasteiger partial charge is 0.338 e. The molecule has 2 aliphatic heterocycles. The summed E-state index contributed by atoms with van der Waals surface area (Å²) in [6.45, 7) is 3.67. The van der Waals surface area contributed by atoms with Crippen LogP contribution < -0.4 is 5.32 Å². The fourth-order valence-electron chi connectivity index (χ4n) is 3.56. The Morgan fingerprint density at radius 1 is 1.30 bits per heavy atom. The van der Waals surface area contributed by atoms with Gasteiger partial charge in [-0.1, -0.05) is 6.07 Å². The third kappa shape index (κ3) is 2.70. The number of nitrogens with zero attached hydrogens (tertiary/aromatic N) is 1. The number of nitrogens with one attached hydrogen (secondary N) is 1. The molecule has 0 radical (unpaired) electrons. The first kappa shape index (κ1) is 13.6. The van der Waals surface area contributed by atoms with Gasteiger partial charge in [0, 0.05) is 30.6 Å². The van der Waals surface area contributed by atoms with E-state index in [0.717, 1.165) is 32.6 Å². The van der Waals surface area contributed by atoms with Crippen molar-refractivity contribution in [2.75, 3.05) is 26.2 Å². The quantitative estimate of drug-likeness (QED) is 0.854. The van der Waals surface area contributed by atoms with Crippen LogP contribution in [0.1, 0.15) is 36.0 Å². The Bertz CT molecular complexity index is 491. The van der Waals surface area contributed by atoms with Crippen LogP contribution in [0.25, 0.3) is 0 Å². The standard InChI is InChI=1S/C16H21FN2O/c17-14-5-1-4-13(10-14)15(20)19-9-3-7-16(12-19)6-2-8-18-11-16/h1,4-5,10,18H,2-3,6-9,11-12H2/t16-/m0/s1. The molecule has 1 N–H and O–H groups in total. The first-order valence-corrected chi connectivity index (χ1v) is 7.44. The van der Waals surface area contributed by atoms with Crippen LogP contribution in [0.15, 0.2) is 24.3 Å². The summed E-state index contributed by atoms with van der Waals surface area (Å²) in [5.41, 5.74) is 0.699. The topological polar surface area (TPSA) is 32.3 Å². The Kier molecular flexibility index (Phi) is 3.74. The normalized spacial score (nSPS) is 26.8. The second-order valence-corrected chi connectivity index (χ2v) is 6.12. The van der Waals surface area contributed by atoms with Crippen LogP contribution in [0.4, 0.5) is 4.39 Å². The van der Waals surface area contributed by atoms with E-state index in [9.17, 15) is 9.18 Å². The minimum Gasteiger partial charge on any atom is -0.338 e. The van der Waals surface area contributed by atoms with Gasteiger partial charge in [0.25, 0.3) is 5.91 Å². The van der Waals surface area contributed by atoms with E-state index in [1.54, 1.807) is 12.1 Å². The number of rotatable bonds is 1. The molecular formula is C16H21FN2O. The van der Waals surface area contributed by atoms with Crippen molar-refractivity contribution >= 4 is 5.91 Å². The first-order valence-electron chi connectivity index (χ1n) is 7.44. The summed E-state index contributed by atoms with van der Waals surface area (Å²) < 4.78 is 13.3. The molecular weight excluding hydrogens is 255 g/mol. The van der Waals surface area contributed by atoms with E-state index in [2.05, 4.69) is 5.32 Å². The van der Waals surface area contributed by atoms with Crippen molar-refractivity contribution in [3.63, 3.8) is 0 Å². The van der Waals surface area contributed by atoms with Gasteiger partial charge >= 0.3 is 0 Å². The molecule has 2 heterocycles. The highest BCUT2D eigenvalue weighted by Crippen LogP contribution is 2.36. The summed E-state index contributed by atoms with van der Waals surface area (Å²) in [5.74, 6) is -0.379. The van der Waals surface area contributed by atoms with Crippen LogP contribution in [0.3, 0.4) is 0 Å². The molecule has 2 aliphatic rings. The van der Waals surface area contributed by atoms with Gasteiger partial charge in [0.1, 0.15) is 5.82 Å². The Morgan fingerprint density at radius 3 is 2.90 bits per heavy atom. The van der Waals surface area contributed by atoms with Gasteiger partial charge in [0.15, 0.2) is 0 Å². The summed E-state index contributed by atoms with van der Waals surface area (Å²) in [6, 6.07) is 6.01. The number of piperidine rings is 2. The molecule has 108 valence electrons. The lowest BCUT2D eigenvalue weighted by molar-refractivity contribution is 0.0433. The molecule has 2 saturated heterocycles. The zero-order valence-corrected chi connectivity index (χ0v) is 11.7. The highest BCUT2D eigenvalue weighted by atomic mass is 19.1. The number of hydrogen-bond donors (Lipinski definition) is 1. The first-order chi connectivity index (χ1) is 9.69. The Balaban J connectivity index is 1.74. The van der Waals surface area contributed by atoms with Gasteiger partial charge in [0.2, 0.25) is 0 Å². The van der Waals surface area contributed by atoms with Crippen LogP contribution in [-0.4, -0.2) is 37.0 Å². The molecule has 0 aliphatic carbocycles. The number of hydrogen-bond acceptors (Lipinski definition) is 2. The molecule has 1 aromatic rings. The van der Waals surface area contributed by atoms with E-state index >= 15 is 0 Å². The van der Waals surface area contributed by atoms with E-state index in [1.807, 2.05) is 4.90 Å². The van der Waals surface area contributed by atoms with Crippen LogP contribution >= 0.6 is 0 Å². The number of amides is 1. The van der Waals surface area contributed by atoms with E-state index in [-0.39, 0.29) is 17.1 Å². The molecule has 3 rings (SSSR count). The number of likely N-dealkylation sites (tertiary alicyclic amines) is 1. The van der Waals surface area contributed by atoms with Gasteiger partial charge in [-0.25, -0.2) is 4.39 Å². The predicted molar refractivity (Wildman–Crippen MR) is 76.1 cm³/mol.